The molecule has 7 aromatic rings. The lowest BCUT2D eigenvalue weighted by Crippen LogP contribution is -2.14. The smallest absolute Gasteiger partial charge is 0.137 e. The number of hydrogen-bond acceptors (Lipinski definition) is 2. The number of allylic oxidation sites excluding steroid dienone is 4. The number of ether oxygens (including phenoxy) is 1. The molecule has 3 aromatic heterocycles. The Morgan fingerprint density at radius 3 is 2.49 bits per heavy atom. The Morgan fingerprint density at radius 1 is 0.771 bits per heavy atom. The molecule has 1 unspecified atom stereocenters. The lowest BCUT2D eigenvalue weighted by molar-refractivity contribution is 0.365. The number of nitrogens with zero attached hydrogens (tertiary/aromatic N) is 1. The number of rotatable bonds is 0. The summed E-state index contributed by atoms with van der Waals surface area (Å²) in [5.41, 5.74) is 8.12. The van der Waals surface area contributed by atoms with E-state index in [4.69, 9.17) is 9.15 Å². The first kappa shape index (κ1) is 18.1. The van der Waals surface area contributed by atoms with E-state index in [1.165, 1.54) is 60.0 Å². The van der Waals surface area contributed by atoms with E-state index >= 15 is 0 Å². The quantitative estimate of drug-likeness (QED) is 0.231. The molecule has 0 bridgehead atoms. The SMILES string of the molecule is CC1C=CC2=C(C1)Oc1cc3c(cc1C2)c1cccc2c4cc5c(cc4n3c12)oc1ccccc15. The summed E-state index contributed by atoms with van der Waals surface area (Å²) in [6.45, 7) is 2.25. The van der Waals surface area contributed by atoms with Crippen LogP contribution in [0.25, 0.3) is 60.0 Å². The summed E-state index contributed by atoms with van der Waals surface area (Å²) in [6.07, 6.45) is 6.48. The maximum absolute atomic E-state index is 6.52. The van der Waals surface area contributed by atoms with Crippen LogP contribution in [0.3, 0.4) is 0 Å². The summed E-state index contributed by atoms with van der Waals surface area (Å²) in [6, 6.07) is 24.1. The second kappa shape index (κ2) is 6.05. The third-order valence-corrected chi connectivity index (χ3v) is 8.10. The molecular weight excluding hydrogens is 430 g/mol. The topological polar surface area (TPSA) is 26.8 Å². The van der Waals surface area contributed by atoms with E-state index < -0.39 is 0 Å². The predicted molar refractivity (Wildman–Crippen MR) is 143 cm³/mol. The highest BCUT2D eigenvalue weighted by Crippen LogP contribution is 2.45. The van der Waals surface area contributed by atoms with Gasteiger partial charge in [0.1, 0.15) is 22.7 Å². The largest absolute Gasteiger partial charge is 0.461 e. The van der Waals surface area contributed by atoms with Gasteiger partial charge in [0, 0.05) is 62.9 Å². The van der Waals surface area contributed by atoms with E-state index in [-0.39, 0.29) is 0 Å². The van der Waals surface area contributed by atoms with Crippen molar-refractivity contribution < 1.29 is 9.15 Å². The molecule has 0 amide bonds. The van der Waals surface area contributed by atoms with Crippen molar-refractivity contribution in [1.82, 2.24) is 4.40 Å². The molecule has 4 heterocycles. The normalized spacial score (nSPS) is 17.9. The minimum atomic E-state index is 0.521. The molecule has 0 fully saturated rings. The summed E-state index contributed by atoms with van der Waals surface area (Å²) >= 11 is 0. The van der Waals surface area contributed by atoms with Gasteiger partial charge in [0.05, 0.1) is 16.6 Å². The van der Waals surface area contributed by atoms with Crippen molar-refractivity contribution in [2.75, 3.05) is 0 Å². The monoisotopic (exact) mass is 451 g/mol. The van der Waals surface area contributed by atoms with E-state index in [1.54, 1.807) is 0 Å². The minimum Gasteiger partial charge on any atom is -0.461 e. The first-order valence-electron chi connectivity index (χ1n) is 12.4. The van der Waals surface area contributed by atoms with Gasteiger partial charge >= 0.3 is 0 Å². The fraction of sp³-hybridized carbons (Fsp3) is 0.125. The standard InChI is InChI=1S/C32H21NO2/c1-17-9-10-18-12-19-13-23-21-6-4-7-22-24-14-25-20-5-2-3-8-28(20)34-31(25)16-27(24)33(32(21)22)26(23)15-30(19)35-29(18)11-17/h2-10,13-17H,11-12H2,1H3. The van der Waals surface area contributed by atoms with Crippen molar-refractivity contribution in [1.29, 1.82) is 0 Å². The van der Waals surface area contributed by atoms with Crippen LogP contribution < -0.4 is 4.74 Å². The summed E-state index contributed by atoms with van der Waals surface area (Å²) < 4.78 is 15.2. The fourth-order valence-electron chi connectivity index (χ4n) is 6.47. The third-order valence-electron chi connectivity index (χ3n) is 8.10. The minimum absolute atomic E-state index is 0.521. The molecule has 1 aliphatic heterocycles. The predicted octanol–water partition coefficient (Wildman–Crippen LogP) is 8.52. The van der Waals surface area contributed by atoms with E-state index in [0.717, 1.165) is 35.5 Å². The van der Waals surface area contributed by atoms with Crippen molar-refractivity contribution in [2.45, 2.75) is 19.8 Å². The molecule has 0 saturated heterocycles. The summed E-state index contributed by atoms with van der Waals surface area (Å²) in [5, 5.41) is 7.48. The van der Waals surface area contributed by atoms with Gasteiger partial charge in [-0.25, -0.2) is 0 Å². The van der Waals surface area contributed by atoms with Crippen LogP contribution in [-0.4, -0.2) is 4.40 Å². The molecule has 1 aliphatic carbocycles. The van der Waals surface area contributed by atoms with Crippen LogP contribution in [0.4, 0.5) is 0 Å². The number of aromatic nitrogens is 1. The highest BCUT2D eigenvalue weighted by atomic mass is 16.5. The first-order valence-corrected chi connectivity index (χ1v) is 12.4. The Hall–Kier alpha value is -4.24. The Morgan fingerprint density at radius 2 is 1.57 bits per heavy atom. The van der Waals surface area contributed by atoms with Gasteiger partial charge < -0.3 is 13.6 Å². The maximum atomic E-state index is 6.52. The fourth-order valence-corrected chi connectivity index (χ4v) is 6.47. The third kappa shape index (κ3) is 2.21. The van der Waals surface area contributed by atoms with E-state index in [0.29, 0.717) is 5.92 Å². The second-order valence-corrected chi connectivity index (χ2v) is 10.2. The van der Waals surface area contributed by atoms with E-state index in [2.05, 4.69) is 78.1 Å². The number of hydrogen-bond donors (Lipinski definition) is 0. The highest BCUT2D eigenvalue weighted by Gasteiger charge is 2.25. The van der Waals surface area contributed by atoms with Crippen LogP contribution in [0.1, 0.15) is 18.9 Å². The van der Waals surface area contributed by atoms with E-state index in [1.807, 2.05) is 12.1 Å². The van der Waals surface area contributed by atoms with Crippen molar-refractivity contribution in [3.8, 4) is 5.75 Å². The number of para-hydroxylation sites is 2. The van der Waals surface area contributed by atoms with Crippen LogP contribution in [-0.2, 0) is 6.42 Å². The van der Waals surface area contributed by atoms with Crippen LogP contribution >= 0.6 is 0 Å². The van der Waals surface area contributed by atoms with Crippen molar-refractivity contribution >= 4 is 60.0 Å². The van der Waals surface area contributed by atoms with Crippen LogP contribution in [0, 0.1) is 5.92 Å². The molecule has 4 aromatic carbocycles. The van der Waals surface area contributed by atoms with Gasteiger partial charge in [0.15, 0.2) is 0 Å². The summed E-state index contributed by atoms with van der Waals surface area (Å²) in [7, 11) is 0. The number of furan rings is 1. The molecule has 2 aliphatic rings. The van der Waals surface area contributed by atoms with Crippen molar-refractivity contribution in [3.05, 3.63) is 95.8 Å². The number of benzene rings is 4. The van der Waals surface area contributed by atoms with E-state index in [9.17, 15) is 0 Å². The number of fused-ring (bicyclic) bond motifs is 10. The van der Waals surface area contributed by atoms with Crippen LogP contribution in [0.2, 0.25) is 0 Å². The lowest BCUT2D eigenvalue weighted by Gasteiger charge is -2.26. The van der Waals surface area contributed by atoms with Gasteiger partial charge in [-0.15, -0.1) is 0 Å². The summed E-state index contributed by atoms with van der Waals surface area (Å²) in [4.78, 5) is 0. The van der Waals surface area contributed by atoms with Gasteiger partial charge in [-0.2, -0.15) is 0 Å². The lowest BCUT2D eigenvalue weighted by atomic mass is 9.90. The maximum Gasteiger partial charge on any atom is 0.137 e. The molecule has 166 valence electrons. The zero-order valence-corrected chi connectivity index (χ0v) is 19.3. The average molecular weight is 452 g/mol. The van der Waals surface area contributed by atoms with Gasteiger partial charge in [-0.05, 0) is 29.7 Å². The zero-order chi connectivity index (χ0) is 22.8. The molecule has 0 N–H and O–H groups in total. The molecule has 0 saturated carbocycles. The van der Waals surface area contributed by atoms with Crippen molar-refractivity contribution in [3.63, 3.8) is 0 Å². The molecule has 3 nitrogen and oxygen atoms in total. The van der Waals surface area contributed by atoms with Crippen LogP contribution in [0.5, 0.6) is 5.75 Å². The summed E-state index contributed by atoms with van der Waals surface area (Å²) in [5.74, 6) is 2.65. The Kier molecular flexibility index (Phi) is 3.14. The molecular formula is C32H21NO2. The molecule has 3 heteroatoms. The molecule has 0 spiro atoms. The van der Waals surface area contributed by atoms with Gasteiger partial charge in [0.2, 0.25) is 0 Å². The molecule has 9 rings (SSSR count). The molecule has 35 heavy (non-hydrogen) atoms. The van der Waals surface area contributed by atoms with Crippen molar-refractivity contribution in [2.24, 2.45) is 5.92 Å². The molecule has 0 radical (unpaired) electrons. The van der Waals surface area contributed by atoms with Gasteiger partial charge in [0.25, 0.3) is 0 Å². The first-order chi connectivity index (χ1) is 17.2. The Bertz CT molecular complexity index is 2100. The van der Waals surface area contributed by atoms with Gasteiger partial charge in [-0.3, -0.25) is 0 Å². The van der Waals surface area contributed by atoms with Crippen LogP contribution in [0.15, 0.2) is 94.6 Å². The molecule has 1 atom stereocenters. The Balaban J connectivity index is 1.39. The zero-order valence-electron chi connectivity index (χ0n) is 19.3. The second-order valence-electron chi connectivity index (χ2n) is 10.2. The average Bonchev–Trinajstić information content (AvgIpc) is 3.51. The highest BCUT2D eigenvalue weighted by molar-refractivity contribution is 6.25. The van der Waals surface area contributed by atoms with Gasteiger partial charge in [-0.1, -0.05) is 55.5 Å². The Labute approximate surface area is 200 Å².